The normalized spacial score (nSPS) is 13.2. The third-order valence-electron chi connectivity index (χ3n) is 6.09. The summed E-state index contributed by atoms with van der Waals surface area (Å²) < 4.78 is 29.1. The SMILES string of the molecule is Cc1ccc(S(=O)(=O)n2c3ccccc3c3ccc(C(c4cnc[nH]4)C(C)C)cc32)cc1. The third-order valence-corrected chi connectivity index (χ3v) is 7.84. The minimum atomic E-state index is -3.79. The highest BCUT2D eigenvalue weighted by Crippen LogP contribution is 2.37. The van der Waals surface area contributed by atoms with Crippen molar-refractivity contribution in [1.29, 1.82) is 0 Å². The van der Waals surface area contributed by atoms with Crippen molar-refractivity contribution in [2.45, 2.75) is 31.6 Å². The third kappa shape index (κ3) is 3.22. The van der Waals surface area contributed by atoms with Gasteiger partial charge in [0.2, 0.25) is 0 Å². The number of aromatic nitrogens is 3. The number of nitrogens with one attached hydrogen (secondary N) is 1. The number of aromatic amines is 1. The zero-order chi connectivity index (χ0) is 22.5. The van der Waals surface area contributed by atoms with Gasteiger partial charge in [-0.2, -0.15) is 0 Å². The number of H-pyrrole nitrogens is 1. The summed E-state index contributed by atoms with van der Waals surface area (Å²) in [5.41, 5.74) is 4.47. The first kappa shape index (κ1) is 20.5. The molecule has 0 aliphatic heterocycles. The standard InChI is InChI=1S/C26H25N3O2S/c1-17(2)26(23-15-27-16-28-23)19-10-13-22-21-6-4-5-7-24(21)29(25(22)14-19)32(30,31)20-11-8-18(3)9-12-20/h4-17,26H,1-3H3,(H,27,28). The number of aryl methyl sites for hydroxylation is 1. The Bertz CT molecular complexity index is 1510. The second-order valence-electron chi connectivity index (χ2n) is 8.60. The number of hydrogen-bond donors (Lipinski definition) is 1. The molecule has 162 valence electrons. The van der Waals surface area contributed by atoms with Crippen LogP contribution >= 0.6 is 0 Å². The maximum Gasteiger partial charge on any atom is 0.268 e. The molecule has 0 aliphatic carbocycles. The fraction of sp³-hybridized carbons (Fsp3) is 0.192. The van der Waals surface area contributed by atoms with Crippen molar-refractivity contribution in [3.63, 3.8) is 0 Å². The van der Waals surface area contributed by atoms with Crippen molar-refractivity contribution in [2.24, 2.45) is 5.92 Å². The summed E-state index contributed by atoms with van der Waals surface area (Å²) in [6.07, 6.45) is 3.52. The van der Waals surface area contributed by atoms with Gasteiger partial charge in [-0.3, -0.25) is 0 Å². The molecule has 1 N–H and O–H groups in total. The van der Waals surface area contributed by atoms with Crippen LogP contribution in [0.3, 0.4) is 0 Å². The van der Waals surface area contributed by atoms with Crippen molar-refractivity contribution < 1.29 is 8.42 Å². The molecule has 0 spiro atoms. The van der Waals surface area contributed by atoms with E-state index in [0.717, 1.165) is 27.6 Å². The molecule has 0 radical (unpaired) electrons. The van der Waals surface area contributed by atoms with Gasteiger partial charge in [0.15, 0.2) is 0 Å². The van der Waals surface area contributed by atoms with Crippen LogP contribution in [-0.2, 0) is 10.0 Å². The van der Waals surface area contributed by atoms with Gasteiger partial charge in [0, 0.05) is 28.6 Å². The molecule has 32 heavy (non-hydrogen) atoms. The number of rotatable bonds is 5. The molecule has 1 atom stereocenters. The Labute approximate surface area is 187 Å². The van der Waals surface area contributed by atoms with Gasteiger partial charge < -0.3 is 4.98 Å². The smallest absolute Gasteiger partial charge is 0.268 e. The van der Waals surface area contributed by atoms with Gasteiger partial charge in [0.05, 0.1) is 22.3 Å². The fourth-order valence-electron chi connectivity index (χ4n) is 4.58. The molecule has 0 saturated carbocycles. The van der Waals surface area contributed by atoms with Gasteiger partial charge in [-0.05, 0) is 42.7 Å². The molecule has 0 aliphatic rings. The van der Waals surface area contributed by atoms with Crippen molar-refractivity contribution in [3.05, 3.63) is 96.1 Å². The number of imidazole rings is 1. The summed E-state index contributed by atoms with van der Waals surface area (Å²) in [5.74, 6) is 0.384. The van der Waals surface area contributed by atoms with Crippen LogP contribution in [0.2, 0.25) is 0 Å². The summed E-state index contributed by atoms with van der Waals surface area (Å²) in [4.78, 5) is 7.71. The van der Waals surface area contributed by atoms with Crippen LogP contribution in [0.4, 0.5) is 0 Å². The monoisotopic (exact) mass is 443 g/mol. The lowest BCUT2D eigenvalue weighted by molar-refractivity contribution is 0.554. The van der Waals surface area contributed by atoms with Crippen LogP contribution in [-0.4, -0.2) is 22.4 Å². The average Bonchev–Trinajstić information content (AvgIpc) is 3.40. The van der Waals surface area contributed by atoms with E-state index in [2.05, 4.69) is 29.9 Å². The Hall–Kier alpha value is -3.38. The zero-order valence-corrected chi connectivity index (χ0v) is 19.1. The number of fused-ring (bicyclic) bond motifs is 3. The van der Waals surface area contributed by atoms with Crippen molar-refractivity contribution in [2.75, 3.05) is 0 Å². The quantitative estimate of drug-likeness (QED) is 0.370. The molecule has 0 fully saturated rings. The van der Waals surface area contributed by atoms with Gasteiger partial charge in [0.25, 0.3) is 10.0 Å². The molecule has 2 heterocycles. The van der Waals surface area contributed by atoms with E-state index in [0.29, 0.717) is 17.0 Å². The summed E-state index contributed by atoms with van der Waals surface area (Å²) >= 11 is 0. The molecular weight excluding hydrogens is 418 g/mol. The molecule has 5 rings (SSSR count). The van der Waals surface area contributed by atoms with Crippen molar-refractivity contribution in [3.8, 4) is 0 Å². The van der Waals surface area contributed by atoms with Gasteiger partial charge >= 0.3 is 0 Å². The molecule has 0 amide bonds. The highest BCUT2D eigenvalue weighted by atomic mass is 32.2. The lowest BCUT2D eigenvalue weighted by Crippen LogP contribution is -2.13. The van der Waals surface area contributed by atoms with Gasteiger partial charge in [0.1, 0.15) is 0 Å². The minimum Gasteiger partial charge on any atom is -0.348 e. The van der Waals surface area contributed by atoms with E-state index in [9.17, 15) is 8.42 Å². The van der Waals surface area contributed by atoms with E-state index in [1.807, 2.05) is 61.7 Å². The van der Waals surface area contributed by atoms with E-state index in [1.54, 1.807) is 18.5 Å². The second kappa shape index (κ2) is 7.64. The molecule has 5 nitrogen and oxygen atoms in total. The fourth-order valence-corrected chi connectivity index (χ4v) is 6.10. The van der Waals surface area contributed by atoms with Crippen LogP contribution < -0.4 is 0 Å². The minimum absolute atomic E-state index is 0.0791. The van der Waals surface area contributed by atoms with Crippen LogP contribution in [0, 0.1) is 12.8 Å². The molecule has 0 bridgehead atoms. The highest BCUT2D eigenvalue weighted by molar-refractivity contribution is 7.90. The maximum absolute atomic E-state index is 13.8. The lowest BCUT2D eigenvalue weighted by Gasteiger charge is -2.20. The number of hydrogen-bond acceptors (Lipinski definition) is 3. The highest BCUT2D eigenvalue weighted by Gasteiger charge is 2.25. The Morgan fingerprint density at radius 2 is 1.62 bits per heavy atom. The van der Waals surface area contributed by atoms with E-state index in [1.165, 1.54) is 3.97 Å². The Kier molecular flexibility index (Phi) is 4.90. The van der Waals surface area contributed by atoms with Crippen LogP contribution in [0.1, 0.15) is 36.6 Å². The summed E-state index contributed by atoms with van der Waals surface area (Å²) in [6.45, 7) is 6.27. The van der Waals surface area contributed by atoms with Crippen LogP contribution in [0.5, 0.6) is 0 Å². The lowest BCUT2D eigenvalue weighted by atomic mass is 9.85. The molecular formula is C26H25N3O2S. The Morgan fingerprint density at radius 3 is 2.31 bits per heavy atom. The number of para-hydroxylation sites is 1. The summed E-state index contributed by atoms with van der Waals surface area (Å²) in [6, 6.07) is 20.9. The predicted octanol–water partition coefficient (Wildman–Crippen LogP) is 5.85. The average molecular weight is 444 g/mol. The predicted molar refractivity (Wildman–Crippen MR) is 128 cm³/mol. The van der Waals surface area contributed by atoms with E-state index in [4.69, 9.17) is 0 Å². The van der Waals surface area contributed by atoms with Crippen molar-refractivity contribution in [1.82, 2.24) is 13.9 Å². The molecule has 3 aromatic carbocycles. The number of benzene rings is 3. The molecule has 2 aromatic heterocycles. The van der Waals surface area contributed by atoms with E-state index < -0.39 is 10.0 Å². The van der Waals surface area contributed by atoms with Gasteiger partial charge in [-0.1, -0.05) is 61.9 Å². The molecule has 5 aromatic rings. The first-order valence-corrected chi connectivity index (χ1v) is 12.2. The second-order valence-corrected chi connectivity index (χ2v) is 10.4. The van der Waals surface area contributed by atoms with E-state index >= 15 is 0 Å². The Balaban J connectivity index is 1.81. The first-order chi connectivity index (χ1) is 15.4. The topological polar surface area (TPSA) is 67.8 Å². The summed E-state index contributed by atoms with van der Waals surface area (Å²) in [7, 11) is -3.79. The zero-order valence-electron chi connectivity index (χ0n) is 18.3. The maximum atomic E-state index is 13.8. The van der Waals surface area contributed by atoms with Gasteiger partial charge in [-0.25, -0.2) is 17.4 Å². The first-order valence-electron chi connectivity index (χ1n) is 10.7. The molecule has 1 unspecified atom stereocenters. The van der Waals surface area contributed by atoms with Crippen LogP contribution in [0.25, 0.3) is 21.8 Å². The van der Waals surface area contributed by atoms with E-state index in [-0.39, 0.29) is 10.8 Å². The Morgan fingerprint density at radius 1 is 0.906 bits per heavy atom. The largest absolute Gasteiger partial charge is 0.348 e. The van der Waals surface area contributed by atoms with Crippen molar-refractivity contribution >= 4 is 31.8 Å². The molecule has 0 saturated heterocycles. The van der Waals surface area contributed by atoms with Crippen LogP contribution in [0.15, 0.2) is 84.1 Å². The summed E-state index contributed by atoms with van der Waals surface area (Å²) in [5, 5.41) is 1.85. The van der Waals surface area contributed by atoms with Gasteiger partial charge in [-0.15, -0.1) is 0 Å². The number of nitrogens with zero attached hydrogens (tertiary/aromatic N) is 2. The molecule has 6 heteroatoms.